The third kappa shape index (κ3) is 4.59. The smallest absolute Gasteiger partial charge is 0.414 e. The number of piperazine rings is 1. The molecule has 12 heteroatoms. The van der Waals surface area contributed by atoms with Crippen LogP contribution in [0.4, 0.5) is 20.6 Å². The lowest BCUT2D eigenvalue weighted by atomic mass is 10.2. The Kier molecular flexibility index (Phi) is 6.40. The summed E-state index contributed by atoms with van der Waals surface area (Å²) in [4.78, 5) is 36.4. The first kappa shape index (κ1) is 21.8. The monoisotopic (exact) mass is 462 g/mol. The average Bonchev–Trinajstić information content (AvgIpc) is 3.47. The number of aromatic nitrogens is 2. The van der Waals surface area contributed by atoms with E-state index in [2.05, 4.69) is 15.3 Å². The predicted octanol–water partition coefficient (Wildman–Crippen LogP) is 1.36. The van der Waals surface area contributed by atoms with E-state index >= 15 is 0 Å². The molecular weight excluding hydrogens is 439 g/mol. The van der Waals surface area contributed by atoms with Crippen LogP contribution in [0.25, 0.3) is 0 Å². The number of carbonyl (C=O) groups is 2. The molecule has 0 bridgehead atoms. The van der Waals surface area contributed by atoms with E-state index < -0.39 is 18.0 Å². The van der Waals surface area contributed by atoms with Gasteiger partial charge in [0, 0.05) is 32.4 Å². The van der Waals surface area contributed by atoms with Crippen LogP contribution in [0, 0.1) is 5.82 Å². The van der Waals surface area contributed by atoms with E-state index in [1.165, 1.54) is 24.4 Å². The van der Waals surface area contributed by atoms with Crippen LogP contribution >= 0.6 is 12.2 Å². The highest BCUT2D eigenvalue weighted by Crippen LogP contribution is 2.28. The maximum atomic E-state index is 14.9. The van der Waals surface area contributed by atoms with Crippen molar-refractivity contribution in [3.8, 4) is 0 Å². The topological polar surface area (TPSA) is 103 Å². The average molecular weight is 463 g/mol. The highest BCUT2D eigenvalue weighted by molar-refractivity contribution is 7.80. The number of halogens is 1. The van der Waals surface area contributed by atoms with Crippen LogP contribution < -0.4 is 15.1 Å². The molecule has 32 heavy (non-hydrogen) atoms. The van der Waals surface area contributed by atoms with Crippen LogP contribution in [-0.2, 0) is 9.47 Å². The number of benzene rings is 1. The molecule has 0 spiro atoms. The van der Waals surface area contributed by atoms with Crippen molar-refractivity contribution in [3.63, 3.8) is 0 Å². The number of hydrogen-bond acceptors (Lipinski definition) is 7. The second kappa shape index (κ2) is 9.39. The zero-order valence-corrected chi connectivity index (χ0v) is 18.2. The van der Waals surface area contributed by atoms with Crippen LogP contribution in [-0.4, -0.2) is 84.5 Å². The van der Waals surface area contributed by atoms with Crippen molar-refractivity contribution in [2.24, 2.45) is 0 Å². The first-order valence-electron chi connectivity index (χ1n) is 10.1. The number of amides is 2. The Morgan fingerprint density at radius 3 is 2.81 bits per heavy atom. The number of cyclic esters (lactones) is 1. The normalized spacial score (nSPS) is 18.5. The number of hydrogen-bond donors (Lipinski definition) is 2. The van der Waals surface area contributed by atoms with Gasteiger partial charge >= 0.3 is 6.09 Å². The van der Waals surface area contributed by atoms with Gasteiger partial charge in [0.1, 0.15) is 17.6 Å². The zero-order valence-electron chi connectivity index (χ0n) is 17.4. The summed E-state index contributed by atoms with van der Waals surface area (Å²) in [5.74, 6) is -0.589. The Labute approximate surface area is 189 Å². The van der Waals surface area contributed by atoms with E-state index in [9.17, 15) is 14.0 Å². The van der Waals surface area contributed by atoms with E-state index in [1.807, 2.05) is 4.90 Å². The van der Waals surface area contributed by atoms with E-state index in [0.717, 1.165) is 0 Å². The minimum Gasteiger partial charge on any atom is -0.474 e. The van der Waals surface area contributed by atoms with E-state index in [1.54, 1.807) is 23.2 Å². The molecule has 0 unspecified atom stereocenters. The van der Waals surface area contributed by atoms with Crippen molar-refractivity contribution in [1.29, 1.82) is 0 Å². The van der Waals surface area contributed by atoms with Crippen LogP contribution in [0.1, 0.15) is 10.5 Å². The maximum Gasteiger partial charge on any atom is 0.414 e. The lowest BCUT2D eigenvalue weighted by molar-refractivity contribution is 0.0741. The summed E-state index contributed by atoms with van der Waals surface area (Å²) in [6.45, 7) is 2.48. The standard InChI is InChI=1S/C20H23FN6O4S/c1-30-19(32)23-9-14-11-27(20(29)31-14)13-2-3-17(15(21)8-13)25-4-6-26(7-5-25)18(28)16-10-22-12-24-16/h2-3,8,10,12,14H,4-7,9,11H2,1H3,(H,22,24)(H,23,32)/t14-/m0/s1. The Hall–Kier alpha value is -3.41. The molecular formula is C20H23FN6O4S. The molecule has 170 valence electrons. The number of H-pyrrole nitrogens is 1. The van der Waals surface area contributed by atoms with Crippen LogP contribution in [0.3, 0.4) is 0 Å². The summed E-state index contributed by atoms with van der Waals surface area (Å²) in [6, 6.07) is 4.67. The molecule has 2 N–H and O–H groups in total. The Bertz CT molecular complexity index is 996. The lowest BCUT2D eigenvalue weighted by Gasteiger charge is -2.36. The van der Waals surface area contributed by atoms with Crippen LogP contribution in [0.2, 0.25) is 0 Å². The summed E-state index contributed by atoms with van der Waals surface area (Å²) in [6.07, 6.45) is 2.04. The van der Waals surface area contributed by atoms with Gasteiger partial charge in [-0.1, -0.05) is 0 Å². The highest BCUT2D eigenvalue weighted by Gasteiger charge is 2.33. The molecule has 1 atom stereocenters. The van der Waals surface area contributed by atoms with Crippen molar-refractivity contribution in [2.45, 2.75) is 6.10 Å². The van der Waals surface area contributed by atoms with Crippen molar-refractivity contribution in [1.82, 2.24) is 20.2 Å². The molecule has 1 aromatic heterocycles. The van der Waals surface area contributed by atoms with Gasteiger partial charge in [0.25, 0.3) is 11.1 Å². The molecule has 3 heterocycles. The molecule has 2 amide bonds. The largest absolute Gasteiger partial charge is 0.474 e. The molecule has 2 aliphatic heterocycles. The van der Waals surface area contributed by atoms with Gasteiger partial charge in [0.05, 0.1) is 37.9 Å². The number of rotatable bonds is 5. The first-order valence-corrected chi connectivity index (χ1v) is 10.5. The molecule has 10 nitrogen and oxygen atoms in total. The fraction of sp³-hybridized carbons (Fsp3) is 0.400. The molecule has 0 saturated carbocycles. The Morgan fingerprint density at radius 2 is 2.16 bits per heavy atom. The van der Waals surface area contributed by atoms with Crippen molar-refractivity contribution in [2.75, 3.05) is 56.2 Å². The molecule has 1 aromatic carbocycles. The summed E-state index contributed by atoms with van der Waals surface area (Å²) in [5.41, 5.74) is 1.21. The summed E-state index contributed by atoms with van der Waals surface area (Å²) >= 11 is 4.91. The molecule has 4 rings (SSSR count). The molecule has 2 fully saturated rings. The molecule has 2 aliphatic rings. The van der Waals surface area contributed by atoms with Crippen molar-refractivity contribution < 1.29 is 23.5 Å². The molecule has 0 aliphatic carbocycles. The van der Waals surface area contributed by atoms with E-state index in [-0.39, 0.29) is 17.6 Å². The zero-order chi connectivity index (χ0) is 22.7. The number of imidazole rings is 1. The number of carbonyl (C=O) groups excluding carboxylic acids is 2. The fourth-order valence-electron chi connectivity index (χ4n) is 3.72. The van der Waals surface area contributed by atoms with Gasteiger partial charge in [-0.05, 0) is 30.4 Å². The minimum absolute atomic E-state index is 0.149. The van der Waals surface area contributed by atoms with Crippen LogP contribution in [0.15, 0.2) is 30.7 Å². The molecule has 0 radical (unpaired) electrons. The van der Waals surface area contributed by atoms with Crippen LogP contribution in [0.5, 0.6) is 0 Å². The third-order valence-corrected chi connectivity index (χ3v) is 5.71. The molecule has 2 saturated heterocycles. The minimum atomic E-state index is -0.544. The Morgan fingerprint density at radius 1 is 1.38 bits per heavy atom. The van der Waals surface area contributed by atoms with Gasteiger partial charge in [-0.25, -0.2) is 14.2 Å². The number of nitrogens with zero attached hydrogens (tertiary/aromatic N) is 4. The van der Waals surface area contributed by atoms with Gasteiger partial charge in [-0.3, -0.25) is 9.69 Å². The summed E-state index contributed by atoms with van der Waals surface area (Å²) < 4.78 is 25.1. The predicted molar refractivity (Wildman–Crippen MR) is 118 cm³/mol. The second-order valence-corrected chi connectivity index (χ2v) is 7.73. The van der Waals surface area contributed by atoms with Gasteiger partial charge in [-0.2, -0.15) is 0 Å². The number of nitrogens with one attached hydrogen (secondary N) is 2. The SMILES string of the molecule is COC(=S)NC[C@H]1CN(c2ccc(N3CCN(C(=O)c4c[nH]cn4)CC3)c(F)c2)C(=O)O1. The van der Waals surface area contributed by atoms with E-state index in [4.69, 9.17) is 21.7 Å². The highest BCUT2D eigenvalue weighted by atomic mass is 32.1. The second-order valence-electron chi connectivity index (χ2n) is 7.36. The Balaban J connectivity index is 1.36. The van der Waals surface area contributed by atoms with Crippen molar-refractivity contribution in [3.05, 3.63) is 42.2 Å². The van der Waals surface area contributed by atoms with Gasteiger partial charge < -0.3 is 29.6 Å². The van der Waals surface area contributed by atoms with Gasteiger partial charge in [0.15, 0.2) is 0 Å². The lowest BCUT2D eigenvalue weighted by Crippen LogP contribution is -2.49. The first-order chi connectivity index (χ1) is 15.5. The molecule has 2 aromatic rings. The third-order valence-electron chi connectivity index (χ3n) is 5.40. The quantitative estimate of drug-likeness (QED) is 0.642. The van der Waals surface area contributed by atoms with E-state index in [0.29, 0.717) is 49.8 Å². The summed E-state index contributed by atoms with van der Waals surface area (Å²) in [7, 11) is 1.45. The number of methoxy groups -OCH3 is 1. The maximum absolute atomic E-state index is 14.9. The number of ether oxygens (including phenoxy) is 2. The number of anilines is 2. The fourth-order valence-corrected chi connectivity index (χ4v) is 3.80. The van der Waals surface area contributed by atoms with Crippen molar-refractivity contribution >= 4 is 40.8 Å². The van der Waals surface area contributed by atoms with Gasteiger partial charge in [-0.15, -0.1) is 0 Å². The van der Waals surface area contributed by atoms with Gasteiger partial charge in [0.2, 0.25) is 0 Å². The number of aromatic amines is 1. The summed E-state index contributed by atoms with van der Waals surface area (Å²) in [5, 5.41) is 3.05. The number of thiocarbonyl (C=S) groups is 1.